The number of carbonyl (C=O) groups excluding carboxylic acids is 1. The van der Waals surface area contributed by atoms with Gasteiger partial charge in [-0.1, -0.05) is 26.2 Å². The molecule has 0 aliphatic heterocycles. The molecule has 2 heterocycles. The number of H-pyrrole nitrogens is 1. The average molecular weight is 314 g/mol. The van der Waals surface area contributed by atoms with E-state index in [4.69, 9.17) is 0 Å². The van der Waals surface area contributed by atoms with Gasteiger partial charge < -0.3 is 15.6 Å². The van der Waals surface area contributed by atoms with E-state index in [0.29, 0.717) is 6.04 Å². The van der Waals surface area contributed by atoms with E-state index in [1.165, 1.54) is 32.1 Å². The van der Waals surface area contributed by atoms with Crippen molar-refractivity contribution < 1.29 is 4.79 Å². The fourth-order valence-corrected chi connectivity index (χ4v) is 3.49. The van der Waals surface area contributed by atoms with Gasteiger partial charge in [-0.2, -0.15) is 0 Å². The van der Waals surface area contributed by atoms with E-state index in [1.807, 2.05) is 12.1 Å². The Morgan fingerprint density at radius 2 is 2.17 bits per heavy atom. The first kappa shape index (κ1) is 15.8. The zero-order valence-corrected chi connectivity index (χ0v) is 13.8. The maximum absolute atomic E-state index is 12.2. The number of urea groups is 1. The van der Waals surface area contributed by atoms with Crippen LogP contribution < -0.4 is 10.6 Å². The molecule has 0 radical (unpaired) electrons. The van der Waals surface area contributed by atoms with Gasteiger partial charge in [0.15, 0.2) is 0 Å². The number of nitrogens with one attached hydrogen (secondary N) is 3. The van der Waals surface area contributed by atoms with E-state index in [0.717, 1.165) is 35.5 Å². The van der Waals surface area contributed by atoms with Gasteiger partial charge in [-0.25, -0.2) is 9.78 Å². The fraction of sp³-hybridized carbons (Fsp3) is 0.556. The van der Waals surface area contributed by atoms with E-state index in [9.17, 15) is 4.79 Å². The molecule has 0 spiro atoms. The molecule has 0 unspecified atom stereocenters. The van der Waals surface area contributed by atoms with Crippen LogP contribution in [0, 0.1) is 5.92 Å². The summed E-state index contributed by atoms with van der Waals surface area (Å²) in [6, 6.07) is 4.01. The molecule has 2 aromatic rings. The molecule has 2 aromatic heterocycles. The summed E-state index contributed by atoms with van der Waals surface area (Å²) >= 11 is 0. The van der Waals surface area contributed by atoms with Crippen molar-refractivity contribution in [3.63, 3.8) is 0 Å². The second-order valence-corrected chi connectivity index (χ2v) is 6.56. The topological polar surface area (TPSA) is 69.8 Å². The summed E-state index contributed by atoms with van der Waals surface area (Å²) in [6.07, 6.45) is 12.1. The number of aromatic amines is 1. The zero-order valence-electron chi connectivity index (χ0n) is 13.8. The van der Waals surface area contributed by atoms with Crippen LogP contribution >= 0.6 is 0 Å². The van der Waals surface area contributed by atoms with Gasteiger partial charge in [-0.3, -0.25) is 0 Å². The third kappa shape index (κ3) is 4.03. The SMILES string of the molecule is CCCCC1CCC(NC(=O)Nc2c[nH]c3ncccc23)CC1. The number of amides is 2. The highest BCUT2D eigenvalue weighted by Gasteiger charge is 2.22. The maximum atomic E-state index is 12.2. The highest BCUT2D eigenvalue weighted by atomic mass is 16.2. The summed E-state index contributed by atoms with van der Waals surface area (Å²) in [4.78, 5) is 19.5. The van der Waals surface area contributed by atoms with Crippen molar-refractivity contribution in [3.8, 4) is 0 Å². The maximum Gasteiger partial charge on any atom is 0.319 e. The predicted octanol–water partition coefficient (Wildman–Crippen LogP) is 4.43. The number of fused-ring (bicyclic) bond motifs is 1. The molecule has 3 rings (SSSR count). The lowest BCUT2D eigenvalue weighted by molar-refractivity contribution is 0.235. The first-order chi connectivity index (χ1) is 11.3. The fourth-order valence-electron chi connectivity index (χ4n) is 3.49. The van der Waals surface area contributed by atoms with Crippen molar-refractivity contribution >= 4 is 22.8 Å². The highest BCUT2D eigenvalue weighted by molar-refractivity contribution is 5.99. The molecule has 2 amide bonds. The first-order valence-corrected chi connectivity index (χ1v) is 8.76. The zero-order chi connectivity index (χ0) is 16.1. The van der Waals surface area contributed by atoms with Gasteiger partial charge in [0.25, 0.3) is 0 Å². The molecule has 0 atom stereocenters. The number of aromatic nitrogens is 2. The molecular weight excluding hydrogens is 288 g/mol. The van der Waals surface area contributed by atoms with Crippen molar-refractivity contribution in [2.24, 2.45) is 5.92 Å². The van der Waals surface area contributed by atoms with E-state index in [2.05, 4.69) is 27.5 Å². The first-order valence-electron chi connectivity index (χ1n) is 8.76. The molecule has 1 aliphatic rings. The van der Waals surface area contributed by atoms with Crippen molar-refractivity contribution in [2.45, 2.75) is 57.9 Å². The number of anilines is 1. The predicted molar refractivity (Wildman–Crippen MR) is 93.5 cm³/mol. The normalized spacial score (nSPS) is 21.3. The van der Waals surface area contributed by atoms with Crippen molar-refractivity contribution in [1.82, 2.24) is 15.3 Å². The van der Waals surface area contributed by atoms with E-state index >= 15 is 0 Å². The Morgan fingerprint density at radius 1 is 1.35 bits per heavy atom. The molecule has 23 heavy (non-hydrogen) atoms. The third-order valence-corrected chi connectivity index (χ3v) is 4.85. The van der Waals surface area contributed by atoms with Gasteiger partial charge in [-0.05, 0) is 43.7 Å². The second kappa shape index (κ2) is 7.49. The molecule has 0 saturated heterocycles. The molecule has 5 heteroatoms. The lowest BCUT2D eigenvalue weighted by Gasteiger charge is -2.29. The Labute approximate surface area is 137 Å². The quantitative estimate of drug-likeness (QED) is 0.764. The molecule has 1 aliphatic carbocycles. The van der Waals surface area contributed by atoms with Gasteiger partial charge >= 0.3 is 6.03 Å². The van der Waals surface area contributed by atoms with Crippen LogP contribution in [0.4, 0.5) is 10.5 Å². The van der Waals surface area contributed by atoms with E-state index in [-0.39, 0.29) is 6.03 Å². The van der Waals surface area contributed by atoms with Crippen LogP contribution in [-0.2, 0) is 0 Å². The average Bonchev–Trinajstić information content (AvgIpc) is 2.97. The minimum absolute atomic E-state index is 0.119. The van der Waals surface area contributed by atoms with Crippen molar-refractivity contribution in [2.75, 3.05) is 5.32 Å². The lowest BCUT2D eigenvalue weighted by atomic mass is 9.83. The van der Waals surface area contributed by atoms with Crippen LogP contribution in [0.25, 0.3) is 11.0 Å². The highest BCUT2D eigenvalue weighted by Crippen LogP contribution is 2.28. The number of pyridine rings is 1. The molecule has 124 valence electrons. The third-order valence-electron chi connectivity index (χ3n) is 4.85. The lowest BCUT2D eigenvalue weighted by Crippen LogP contribution is -2.40. The van der Waals surface area contributed by atoms with Crippen LogP contribution in [0.1, 0.15) is 51.9 Å². The molecular formula is C18H26N4O. The van der Waals surface area contributed by atoms with Crippen LogP contribution in [0.2, 0.25) is 0 Å². The Bertz CT molecular complexity index is 643. The smallest absolute Gasteiger partial charge is 0.319 e. The molecule has 5 nitrogen and oxygen atoms in total. The van der Waals surface area contributed by atoms with Crippen LogP contribution in [0.3, 0.4) is 0 Å². The summed E-state index contributed by atoms with van der Waals surface area (Å²) in [5, 5.41) is 6.99. The van der Waals surface area contributed by atoms with Gasteiger partial charge in [0.2, 0.25) is 0 Å². The van der Waals surface area contributed by atoms with E-state index < -0.39 is 0 Å². The number of rotatable bonds is 5. The minimum Gasteiger partial charge on any atom is -0.344 e. The Kier molecular flexibility index (Phi) is 5.16. The second-order valence-electron chi connectivity index (χ2n) is 6.56. The number of hydrogen-bond donors (Lipinski definition) is 3. The number of nitrogens with zero attached hydrogens (tertiary/aromatic N) is 1. The molecule has 0 aromatic carbocycles. The minimum atomic E-state index is -0.119. The summed E-state index contributed by atoms with van der Waals surface area (Å²) in [6.45, 7) is 2.25. The number of unbranched alkanes of at least 4 members (excludes halogenated alkanes) is 1. The van der Waals surface area contributed by atoms with Gasteiger partial charge in [0.1, 0.15) is 5.65 Å². The molecule has 1 saturated carbocycles. The molecule has 1 fully saturated rings. The summed E-state index contributed by atoms with van der Waals surface area (Å²) < 4.78 is 0. The van der Waals surface area contributed by atoms with Crippen LogP contribution in [0.5, 0.6) is 0 Å². The largest absolute Gasteiger partial charge is 0.344 e. The van der Waals surface area contributed by atoms with Gasteiger partial charge in [0.05, 0.1) is 5.69 Å². The van der Waals surface area contributed by atoms with Gasteiger partial charge in [0, 0.05) is 23.8 Å². The monoisotopic (exact) mass is 314 g/mol. The van der Waals surface area contributed by atoms with Crippen molar-refractivity contribution in [1.29, 1.82) is 0 Å². The number of carbonyl (C=O) groups is 1. The summed E-state index contributed by atoms with van der Waals surface area (Å²) in [5.41, 5.74) is 1.57. The summed E-state index contributed by atoms with van der Waals surface area (Å²) in [5.74, 6) is 0.857. The van der Waals surface area contributed by atoms with Gasteiger partial charge in [-0.15, -0.1) is 0 Å². The Balaban J connectivity index is 1.49. The molecule has 3 N–H and O–H groups in total. The standard InChI is InChI=1S/C18H26N4O/c1-2-3-5-13-7-9-14(10-8-13)21-18(23)22-16-12-20-17-15(16)6-4-11-19-17/h4,6,11-14H,2-3,5,7-10H2,1H3,(H,19,20)(H2,21,22,23). The van der Waals surface area contributed by atoms with E-state index in [1.54, 1.807) is 12.4 Å². The Morgan fingerprint density at radius 3 is 2.96 bits per heavy atom. The number of hydrogen-bond acceptors (Lipinski definition) is 2. The summed E-state index contributed by atoms with van der Waals surface area (Å²) in [7, 11) is 0. The van der Waals surface area contributed by atoms with Crippen LogP contribution in [0.15, 0.2) is 24.5 Å². The van der Waals surface area contributed by atoms with Crippen LogP contribution in [-0.4, -0.2) is 22.0 Å². The molecule has 0 bridgehead atoms. The Hall–Kier alpha value is -2.04. The van der Waals surface area contributed by atoms with Crippen molar-refractivity contribution in [3.05, 3.63) is 24.5 Å².